The molecule has 0 radical (unpaired) electrons. The van der Waals surface area contributed by atoms with Crippen LogP contribution >= 0.6 is 0 Å². The normalized spacial score (nSPS) is 18.9. The summed E-state index contributed by atoms with van der Waals surface area (Å²) in [7, 11) is 1.66. The number of amides is 1. The van der Waals surface area contributed by atoms with Crippen molar-refractivity contribution in [1.82, 2.24) is 5.32 Å². The summed E-state index contributed by atoms with van der Waals surface area (Å²) in [6, 6.07) is 0.0611. The van der Waals surface area contributed by atoms with Gasteiger partial charge in [-0.15, -0.1) is 0 Å². The summed E-state index contributed by atoms with van der Waals surface area (Å²) >= 11 is 0. The molecule has 1 amide bonds. The lowest BCUT2D eigenvalue weighted by atomic mass is 9.87. The minimum atomic E-state index is 0.0611. The van der Waals surface area contributed by atoms with Gasteiger partial charge in [0.2, 0.25) is 5.91 Å². The number of hydrogen-bond acceptors (Lipinski definition) is 3. The third-order valence-corrected chi connectivity index (χ3v) is 3.52. The smallest absolute Gasteiger partial charge is 0.220 e. The topological polar surface area (TPSA) is 64.3 Å². The molecule has 0 aliphatic heterocycles. The van der Waals surface area contributed by atoms with Gasteiger partial charge in [0.25, 0.3) is 0 Å². The van der Waals surface area contributed by atoms with E-state index in [2.05, 4.69) is 5.32 Å². The lowest BCUT2D eigenvalue weighted by molar-refractivity contribution is -0.123. The highest BCUT2D eigenvalue weighted by Gasteiger charge is 2.18. The van der Waals surface area contributed by atoms with Crippen LogP contribution in [0.4, 0.5) is 0 Å². The molecule has 1 rings (SSSR count). The Bertz CT molecular complexity index is 215. The predicted molar refractivity (Wildman–Crippen MR) is 68.7 cm³/mol. The number of methoxy groups -OCH3 is 1. The molecular weight excluding hydrogens is 216 g/mol. The molecule has 100 valence electrons. The fourth-order valence-corrected chi connectivity index (χ4v) is 2.45. The third kappa shape index (κ3) is 6.03. The second kappa shape index (κ2) is 8.48. The Balaban J connectivity index is 2.21. The van der Waals surface area contributed by atoms with E-state index in [1.165, 1.54) is 32.1 Å². The molecule has 3 N–H and O–H groups in total. The molecule has 0 aromatic carbocycles. The van der Waals surface area contributed by atoms with Crippen LogP contribution < -0.4 is 11.1 Å². The van der Waals surface area contributed by atoms with Crippen LogP contribution in [0.15, 0.2) is 0 Å². The average molecular weight is 242 g/mol. The largest absolute Gasteiger partial charge is 0.385 e. The molecule has 0 heterocycles. The Morgan fingerprint density at radius 2 is 2.12 bits per heavy atom. The summed E-state index contributed by atoms with van der Waals surface area (Å²) in [5.74, 6) is 0.744. The fraction of sp³-hybridized carbons (Fsp3) is 0.923. The SMILES string of the molecule is COCCC(CN)NC(=O)CC1CCCCC1. The minimum Gasteiger partial charge on any atom is -0.385 e. The highest BCUT2D eigenvalue weighted by atomic mass is 16.5. The van der Waals surface area contributed by atoms with Crippen molar-refractivity contribution in [2.75, 3.05) is 20.3 Å². The highest BCUT2D eigenvalue weighted by molar-refractivity contribution is 5.76. The lowest BCUT2D eigenvalue weighted by Crippen LogP contribution is -2.41. The van der Waals surface area contributed by atoms with Crippen LogP contribution in [0.5, 0.6) is 0 Å². The van der Waals surface area contributed by atoms with Crippen LogP contribution in [0.3, 0.4) is 0 Å². The summed E-state index contributed by atoms with van der Waals surface area (Å²) < 4.78 is 5.00. The van der Waals surface area contributed by atoms with E-state index in [0.29, 0.717) is 25.5 Å². The average Bonchev–Trinajstić information content (AvgIpc) is 2.35. The maximum Gasteiger partial charge on any atom is 0.220 e. The molecule has 0 aromatic rings. The standard InChI is InChI=1S/C13H26N2O2/c1-17-8-7-12(10-14)15-13(16)9-11-5-3-2-4-6-11/h11-12H,2-10,14H2,1H3,(H,15,16). The first-order valence-corrected chi connectivity index (χ1v) is 6.74. The minimum absolute atomic E-state index is 0.0611. The second-order valence-electron chi connectivity index (χ2n) is 4.99. The quantitative estimate of drug-likeness (QED) is 0.710. The van der Waals surface area contributed by atoms with E-state index in [1.807, 2.05) is 0 Å². The lowest BCUT2D eigenvalue weighted by Gasteiger charge is -2.22. The molecule has 1 saturated carbocycles. The number of nitrogens with two attached hydrogens (primary N) is 1. The molecule has 1 aliphatic carbocycles. The van der Waals surface area contributed by atoms with Crippen LogP contribution in [-0.2, 0) is 9.53 Å². The van der Waals surface area contributed by atoms with Crippen LogP contribution in [0.1, 0.15) is 44.9 Å². The molecule has 1 atom stereocenters. The molecular formula is C13H26N2O2. The van der Waals surface area contributed by atoms with E-state index in [9.17, 15) is 4.79 Å². The van der Waals surface area contributed by atoms with Crippen molar-refractivity contribution in [3.8, 4) is 0 Å². The van der Waals surface area contributed by atoms with Crippen LogP contribution in [0, 0.1) is 5.92 Å². The van der Waals surface area contributed by atoms with E-state index in [-0.39, 0.29) is 11.9 Å². The Labute approximate surface area is 104 Å². The Hall–Kier alpha value is -0.610. The van der Waals surface area contributed by atoms with Crippen LogP contribution in [0.2, 0.25) is 0 Å². The van der Waals surface area contributed by atoms with Gasteiger partial charge in [0.1, 0.15) is 0 Å². The molecule has 1 unspecified atom stereocenters. The van der Waals surface area contributed by atoms with Gasteiger partial charge in [-0.3, -0.25) is 4.79 Å². The van der Waals surface area contributed by atoms with E-state index in [4.69, 9.17) is 10.5 Å². The molecule has 0 bridgehead atoms. The highest BCUT2D eigenvalue weighted by Crippen LogP contribution is 2.26. The number of nitrogens with one attached hydrogen (secondary N) is 1. The van der Waals surface area contributed by atoms with Gasteiger partial charge in [0, 0.05) is 32.7 Å². The first-order chi connectivity index (χ1) is 8.26. The van der Waals surface area contributed by atoms with E-state index >= 15 is 0 Å². The van der Waals surface area contributed by atoms with Crippen LogP contribution in [-0.4, -0.2) is 32.2 Å². The molecule has 17 heavy (non-hydrogen) atoms. The Kier molecular flexibility index (Phi) is 7.21. The van der Waals surface area contributed by atoms with Gasteiger partial charge in [-0.25, -0.2) is 0 Å². The first-order valence-electron chi connectivity index (χ1n) is 6.74. The number of carbonyl (C=O) groups is 1. The molecule has 1 fully saturated rings. The summed E-state index contributed by atoms with van der Waals surface area (Å²) in [5, 5.41) is 3.00. The maximum atomic E-state index is 11.8. The van der Waals surface area contributed by atoms with E-state index in [0.717, 1.165) is 6.42 Å². The van der Waals surface area contributed by atoms with Crippen molar-refractivity contribution in [3.63, 3.8) is 0 Å². The number of carbonyl (C=O) groups excluding carboxylic acids is 1. The molecule has 4 heteroatoms. The van der Waals surface area contributed by atoms with Gasteiger partial charge < -0.3 is 15.8 Å². The maximum absolute atomic E-state index is 11.8. The second-order valence-corrected chi connectivity index (χ2v) is 4.99. The van der Waals surface area contributed by atoms with Crippen molar-refractivity contribution in [1.29, 1.82) is 0 Å². The van der Waals surface area contributed by atoms with Crippen molar-refractivity contribution >= 4 is 5.91 Å². The third-order valence-electron chi connectivity index (χ3n) is 3.52. The van der Waals surface area contributed by atoms with Gasteiger partial charge in [0.15, 0.2) is 0 Å². The zero-order valence-corrected chi connectivity index (χ0v) is 10.9. The number of ether oxygens (including phenoxy) is 1. The zero-order chi connectivity index (χ0) is 12.5. The molecule has 0 spiro atoms. The molecule has 0 aromatic heterocycles. The summed E-state index contributed by atoms with van der Waals surface area (Å²) in [6.07, 6.45) is 7.77. The number of hydrogen-bond donors (Lipinski definition) is 2. The first kappa shape index (κ1) is 14.5. The van der Waals surface area contributed by atoms with Gasteiger partial charge >= 0.3 is 0 Å². The summed E-state index contributed by atoms with van der Waals surface area (Å²) in [5.41, 5.74) is 5.62. The molecule has 0 saturated heterocycles. The van der Waals surface area contributed by atoms with Crippen molar-refractivity contribution in [2.24, 2.45) is 11.7 Å². The van der Waals surface area contributed by atoms with Gasteiger partial charge in [0.05, 0.1) is 0 Å². The fourth-order valence-electron chi connectivity index (χ4n) is 2.45. The van der Waals surface area contributed by atoms with E-state index < -0.39 is 0 Å². The zero-order valence-electron chi connectivity index (χ0n) is 10.9. The monoisotopic (exact) mass is 242 g/mol. The van der Waals surface area contributed by atoms with Gasteiger partial charge in [-0.2, -0.15) is 0 Å². The van der Waals surface area contributed by atoms with Crippen molar-refractivity contribution in [2.45, 2.75) is 51.0 Å². The number of rotatable bonds is 7. The predicted octanol–water partition coefficient (Wildman–Crippen LogP) is 1.44. The Morgan fingerprint density at radius 1 is 1.41 bits per heavy atom. The summed E-state index contributed by atoms with van der Waals surface area (Å²) in [4.78, 5) is 11.8. The molecule has 1 aliphatic rings. The van der Waals surface area contributed by atoms with Crippen molar-refractivity contribution < 1.29 is 9.53 Å². The van der Waals surface area contributed by atoms with Gasteiger partial charge in [-0.1, -0.05) is 19.3 Å². The summed E-state index contributed by atoms with van der Waals surface area (Å²) in [6.45, 7) is 1.13. The van der Waals surface area contributed by atoms with Gasteiger partial charge in [-0.05, 0) is 25.2 Å². The van der Waals surface area contributed by atoms with Crippen LogP contribution in [0.25, 0.3) is 0 Å². The Morgan fingerprint density at radius 3 is 2.71 bits per heavy atom. The van der Waals surface area contributed by atoms with E-state index in [1.54, 1.807) is 7.11 Å². The molecule has 4 nitrogen and oxygen atoms in total. The van der Waals surface area contributed by atoms with Crippen molar-refractivity contribution in [3.05, 3.63) is 0 Å².